The van der Waals surface area contributed by atoms with Crippen molar-refractivity contribution in [1.82, 2.24) is 0 Å². The van der Waals surface area contributed by atoms with Crippen molar-refractivity contribution in [3.8, 4) is 0 Å². The summed E-state index contributed by atoms with van der Waals surface area (Å²) < 4.78 is 0. The predicted octanol–water partition coefficient (Wildman–Crippen LogP) is 3.22. The van der Waals surface area contributed by atoms with Crippen molar-refractivity contribution in [2.75, 3.05) is 0 Å². The fraction of sp³-hybridized carbons (Fsp3) is 0.176. The van der Waals surface area contributed by atoms with E-state index in [9.17, 15) is 14.9 Å². The highest BCUT2D eigenvalue weighted by atomic mass is 35.5. The molecule has 0 aromatic heterocycles. The van der Waals surface area contributed by atoms with Crippen molar-refractivity contribution in [1.29, 1.82) is 0 Å². The number of carbonyl (C=O) groups excluding carboxylic acids is 1. The van der Waals surface area contributed by atoms with Crippen LogP contribution in [0.5, 0.6) is 0 Å². The molecule has 128 valence electrons. The van der Waals surface area contributed by atoms with Gasteiger partial charge >= 0.3 is 5.97 Å². The third-order valence-electron chi connectivity index (χ3n) is 4.00. The molecule has 0 aliphatic heterocycles. The number of nitro benzene ring substituents is 1. The molecule has 7 nitrogen and oxygen atoms in total. The Morgan fingerprint density at radius 3 is 2.44 bits per heavy atom. The molecule has 3 rings (SSSR count). The van der Waals surface area contributed by atoms with Gasteiger partial charge in [0.25, 0.3) is 5.69 Å². The van der Waals surface area contributed by atoms with E-state index in [0.29, 0.717) is 17.0 Å². The lowest BCUT2D eigenvalue weighted by Crippen LogP contribution is -2.15. The molecule has 1 aliphatic rings. The molecule has 0 radical (unpaired) electrons. The Labute approximate surface area is 148 Å². The molecule has 1 fully saturated rings. The molecule has 0 saturated heterocycles. The molecular formula is C17H14ClN3O4. The molecule has 2 aromatic rings. The van der Waals surface area contributed by atoms with Gasteiger partial charge in [-0.25, -0.2) is 4.79 Å². The Kier molecular flexibility index (Phi) is 4.67. The van der Waals surface area contributed by atoms with E-state index in [1.807, 2.05) is 12.1 Å². The van der Waals surface area contributed by atoms with Crippen LogP contribution in [0, 0.1) is 16.0 Å². The summed E-state index contributed by atoms with van der Waals surface area (Å²) in [5, 5.41) is 14.9. The van der Waals surface area contributed by atoms with Gasteiger partial charge in [-0.2, -0.15) is 0 Å². The quantitative estimate of drug-likeness (QED) is 0.290. The van der Waals surface area contributed by atoms with Crippen LogP contribution in [-0.2, 0) is 9.63 Å². The van der Waals surface area contributed by atoms with Crippen LogP contribution >= 0.6 is 11.6 Å². The van der Waals surface area contributed by atoms with Crippen molar-refractivity contribution >= 4 is 29.1 Å². The fourth-order valence-electron chi connectivity index (χ4n) is 2.50. The van der Waals surface area contributed by atoms with Crippen LogP contribution in [0.4, 0.5) is 5.69 Å². The standard InChI is InChI=1S/C17H14ClN3O4/c18-12-5-1-10(2-6-12)14-9-15(14)17(22)25-20-16(19)11-3-7-13(8-4-11)21(23)24/h1-8,14-15H,9H2,(H2,19,20). The van der Waals surface area contributed by atoms with Gasteiger partial charge in [-0.1, -0.05) is 28.9 Å². The lowest BCUT2D eigenvalue weighted by atomic mass is 10.1. The number of halogens is 1. The van der Waals surface area contributed by atoms with E-state index in [2.05, 4.69) is 5.16 Å². The number of nitrogens with two attached hydrogens (primary N) is 1. The molecular weight excluding hydrogens is 346 g/mol. The molecule has 1 aliphatic carbocycles. The molecule has 0 heterocycles. The number of hydrogen-bond acceptors (Lipinski definition) is 5. The molecule has 2 N–H and O–H groups in total. The summed E-state index contributed by atoms with van der Waals surface area (Å²) in [4.78, 5) is 27.0. The maximum atomic E-state index is 12.0. The molecule has 0 amide bonds. The summed E-state index contributed by atoms with van der Waals surface area (Å²) in [5.41, 5.74) is 7.14. The van der Waals surface area contributed by atoms with Gasteiger partial charge in [-0.3, -0.25) is 10.1 Å². The van der Waals surface area contributed by atoms with Crippen LogP contribution in [0.2, 0.25) is 5.02 Å². The Hall–Kier alpha value is -2.93. The number of carbonyl (C=O) groups is 1. The topological polar surface area (TPSA) is 108 Å². The van der Waals surface area contributed by atoms with E-state index in [-0.39, 0.29) is 23.4 Å². The summed E-state index contributed by atoms with van der Waals surface area (Å²) in [5.74, 6) is -0.632. The summed E-state index contributed by atoms with van der Waals surface area (Å²) in [6.45, 7) is 0. The number of amidine groups is 1. The Morgan fingerprint density at radius 1 is 1.20 bits per heavy atom. The summed E-state index contributed by atoms with van der Waals surface area (Å²) >= 11 is 5.84. The second kappa shape index (κ2) is 6.90. The van der Waals surface area contributed by atoms with Gasteiger partial charge < -0.3 is 10.6 Å². The van der Waals surface area contributed by atoms with Gasteiger partial charge in [0, 0.05) is 22.7 Å². The van der Waals surface area contributed by atoms with Crippen LogP contribution in [0.1, 0.15) is 23.5 Å². The van der Waals surface area contributed by atoms with Crippen molar-refractivity contribution < 1.29 is 14.6 Å². The van der Waals surface area contributed by atoms with Gasteiger partial charge in [0.05, 0.1) is 10.8 Å². The van der Waals surface area contributed by atoms with E-state index in [4.69, 9.17) is 22.2 Å². The smallest absolute Gasteiger partial charge is 0.338 e. The summed E-state index contributed by atoms with van der Waals surface area (Å²) in [6.07, 6.45) is 0.688. The van der Waals surface area contributed by atoms with Crippen LogP contribution < -0.4 is 5.73 Å². The first-order chi connectivity index (χ1) is 12.0. The number of hydrogen-bond donors (Lipinski definition) is 1. The molecule has 2 aromatic carbocycles. The van der Waals surface area contributed by atoms with Crippen LogP contribution in [0.25, 0.3) is 0 Å². The van der Waals surface area contributed by atoms with Gasteiger partial charge in [0.2, 0.25) is 0 Å². The van der Waals surface area contributed by atoms with Gasteiger partial charge in [-0.15, -0.1) is 0 Å². The zero-order valence-corrected chi connectivity index (χ0v) is 13.7. The Bertz CT molecular complexity index is 834. The molecule has 2 unspecified atom stereocenters. The first-order valence-electron chi connectivity index (χ1n) is 7.50. The third-order valence-corrected chi connectivity index (χ3v) is 4.25. The highest BCUT2D eigenvalue weighted by Gasteiger charge is 2.45. The number of benzene rings is 2. The molecule has 2 atom stereocenters. The van der Waals surface area contributed by atoms with E-state index in [1.165, 1.54) is 24.3 Å². The van der Waals surface area contributed by atoms with Crippen molar-refractivity contribution in [3.05, 3.63) is 74.8 Å². The van der Waals surface area contributed by atoms with Crippen LogP contribution in [-0.4, -0.2) is 16.7 Å². The van der Waals surface area contributed by atoms with E-state index >= 15 is 0 Å². The monoisotopic (exact) mass is 359 g/mol. The van der Waals surface area contributed by atoms with Crippen LogP contribution in [0.15, 0.2) is 53.7 Å². The number of oxime groups is 1. The van der Waals surface area contributed by atoms with Crippen molar-refractivity contribution in [3.63, 3.8) is 0 Å². The lowest BCUT2D eigenvalue weighted by Gasteiger charge is -2.02. The van der Waals surface area contributed by atoms with Gasteiger partial charge in [0.15, 0.2) is 5.84 Å². The summed E-state index contributed by atoms with van der Waals surface area (Å²) in [7, 11) is 0. The molecule has 0 spiro atoms. The van der Waals surface area contributed by atoms with Gasteiger partial charge in [-0.05, 0) is 42.2 Å². The number of non-ortho nitro benzene ring substituents is 1. The normalized spacial score (nSPS) is 19.3. The number of nitro groups is 1. The minimum absolute atomic E-state index is 0.0214. The van der Waals surface area contributed by atoms with Crippen LogP contribution in [0.3, 0.4) is 0 Å². The first kappa shape index (κ1) is 16.9. The molecule has 1 saturated carbocycles. The van der Waals surface area contributed by atoms with E-state index in [0.717, 1.165) is 5.56 Å². The highest BCUT2D eigenvalue weighted by molar-refractivity contribution is 6.30. The van der Waals surface area contributed by atoms with E-state index in [1.54, 1.807) is 12.1 Å². The maximum absolute atomic E-state index is 12.0. The lowest BCUT2D eigenvalue weighted by molar-refractivity contribution is -0.384. The predicted molar refractivity (Wildman–Crippen MR) is 92.2 cm³/mol. The minimum atomic E-state index is -0.513. The fourth-order valence-corrected chi connectivity index (χ4v) is 2.63. The zero-order chi connectivity index (χ0) is 18.0. The third kappa shape index (κ3) is 3.95. The molecule has 25 heavy (non-hydrogen) atoms. The van der Waals surface area contributed by atoms with Crippen molar-refractivity contribution in [2.45, 2.75) is 12.3 Å². The van der Waals surface area contributed by atoms with Crippen molar-refractivity contribution in [2.24, 2.45) is 16.8 Å². The second-order valence-corrected chi connectivity index (χ2v) is 6.13. The Morgan fingerprint density at radius 2 is 1.84 bits per heavy atom. The largest absolute Gasteiger partial charge is 0.380 e. The van der Waals surface area contributed by atoms with E-state index < -0.39 is 10.9 Å². The highest BCUT2D eigenvalue weighted by Crippen LogP contribution is 2.48. The maximum Gasteiger partial charge on any atom is 0.338 e. The molecule has 8 heteroatoms. The average Bonchev–Trinajstić information content (AvgIpc) is 3.41. The second-order valence-electron chi connectivity index (χ2n) is 5.69. The molecule has 0 bridgehead atoms. The Balaban J connectivity index is 1.59. The summed E-state index contributed by atoms with van der Waals surface area (Å²) in [6, 6.07) is 12.8. The first-order valence-corrected chi connectivity index (χ1v) is 7.88. The van der Waals surface area contributed by atoms with Gasteiger partial charge in [0.1, 0.15) is 0 Å². The SMILES string of the molecule is N/C(=N\OC(=O)C1CC1c1ccc(Cl)cc1)c1ccc([N+](=O)[O-])cc1. The number of rotatable bonds is 5. The average molecular weight is 360 g/mol. The number of nitrogens with zero attached hydrogens (tertiary/aromatic N) is 2. The minimum Gasteiger partial charge on any atom is -0.380 e. The zero-order valence-electron chi connectivity index (χ0n) is 13.0.